The zero-order valence-electron chi connectivity index (χ0n) is 15.6. The highest BCUT2D eigenvalue weighted by atomic mass is 19.4. The number of ether oxygens (including phenoxy) is 1. The average molecular weight is 422 g/mol. The predicted molar refractivity (Wildman–Crippen MR) is 97.5 cm³/mol. The van der Waals surface area contributed by atoms with Crippen molar-refractivity contribution in [1.29, 1.82) is 0 Å². The van der Waals surface area contributed by atoms with Gasteiger partial charge >= 0.3 is 18.2 Å². The Morgan fingerprint density at radius 2 is 1.63 bits per heavy atom. The lowest BCUT2D eigenvalue weighted by molar-refractivity contribution is -0.287. The number of rotatable bonds is 4. The number of amides is 2. The first-order valence-electron chi connectivity index (χ1n) is 8.74. The summed E-state index contributed by atoms with van der Waals surface area (Å²) in [6, 6.07) is 9.45. The van der Waals surface area contributed by atoms with Gasteiger partial charge < -0.3 is 20.5 Å². The maximum atomic E-state index is 13.8. The number of Topliss-reactive ketones (excluding diaryl/α,β-unsaturated/α-hetero) is 1. The van der Waals surface area contributed by atoms with E-state index in [2.05, 4.69) is 10.1 Å². The van der Waals surface area contributed by atoms with Crippen LogP contribution in [-0.4, -0.2) is 41.9 Å². The van der Waals surface area contributed by atoms with Crippen LogP contribution in [0.25, 0.3) is 0 Å². The van der Waals surface area contributed by atoms with E-state index < -0.39 is 41.6 Å². The lowest BCUT2D eigenvalue weighted by Crippen LogP contribution is -2.72. The Morgan fingerprint density at radius 3 is 2.17 bits per heavy atom. The highest BCUT2D eigenvalue weighted by molar-refractivity contribution is 6.00. The summed E-state index contributed by atoms with van der Waals surface area (Å²) in [7, 11) is 1.17. The van der Waals surface area contributed by atoms with Gasteiger partial charge in [-0.25, -0.2) is 9.59 Å². The second-order valence-electron chi connectivity index (χ2n) is 6.66. The van der Waals surface area contributed by atoms with Gasteiger partial charge in [0.2, 0.25) is 5.72 Å². The number of carbonyl (C=O) groups excluding carboxylic acids is 3. The van der Waals surface area contributed by atoms with Gasteiger partial charge in [0.05, 0.1) is 18.7 Å². The van der Waals surface area contributed by atoms with Crippen molar-refractivity contribution in [2.24, 2.45) is 5.92 Å². The third-order valence-electron chi connectivity index (χ3n) is 4.84. The maximum absolute atomic E-state index is 13.8. The number of alkyl halides is 3. The van der Waals surface area contributed by atoms with Crippen molar-refractivity contribution in [3.8, 4) is 0 Å². The van der Waals surface area contributed by atoms with E-state index in [1.54, 1.807) is 6.07 Å². The summed E-state index contributed by atoms with van der Waals surface area (Å²) in [5.41, 5.74) is -3.67. The summed E-state index contributed by atoms with van der Waals surface area (Å²) >= 11 is 0. The van der Waals surface area contributed by atoms with Gasteiger partial charge in [-0.3, -0.25) is 4.79 Å². The number of nitrogens with one attached hydrogen (secondary N) is 2. The molecule has 0 saturated carbocycles. The van der Waals surface area contributed by atoms with Gasteiger partial charge in [0.25, 0.3) is 0 Å². The molecule has 10 heteroatoms. The number of ketones is 1. The van der Waals surface area contributed by atoms with Crippen LogP contribution in [0, 0.1) is 5.92 Å². The van der Waals surface area contributed by atoms with Crippen molar-refractivity contribution >= 4 is 17.8 Å². The molecule has 2 amide bonds. The normalized spacial score (nSPS) is 23.8. The Kier molecular flexibility index (Phi) is 5.53. The molecule has 1 fully saturated rings. The lowest BCUT2D eigenvalue weighted by Gasteiger charge is -2.45. The van der Waals surface area contributed by atoms with Crippen LogP contribution in [0.4, 0.5) is 18.0 Å². The van der Waals surface area contributed by atoms with Gasteiger partial charge in [0.1, 0.15) is 5.92 Å². The molecule has 158 valence electrons. The molecule has 1 aliphatic rings. The minimum atomic E-state index is -5.34. The van der Waals surface area contributed by atoms with Crippen molar-refractivity contribution in [1.82, 2.24) is 10.6 Å². The number of aliphatic hydroxyl groups is 1. The number of urea groups is 1. The number of esters is 1. The van der Waals surface area contributed by atoms with Crippen molar-refractivity contribution in [2.75, 3.05) is 7.11 Å². The second-order valence-corrected chi connectivity index (χ2v) is 6.66. The Hall–Kier alpha value is -3.40. The summed E-state index contributed by atoms with van der Waals surface area (Å²) in [6.45, 7) is 0. The van der Waals surface area contributed by atoms with E-state index in [9.17, 15) is 32.7 Å². The van der Waals surface area contributed by atoms with Crippen LogP contribution in [0.3, 0.4) is 0 Å². The largest absolute Gasteiger partial charge is 0.465 e. The van der Waals surface area contributed by atoms with Crippen LogP contribution in [-0.2, 0) is 4.74 Å². The third-order valence-corrected chi connectivity index (χ3v) is 4.84. The highest BCUT2D eigenvalue weighted by Gasteiger charge is 2.66. The summed E-state index contributed by atoms with van der Waals surface area (Å²) < 4.78 is 46.0. The highest BCUT2D eigenvalue weighted by Crippen LogP contribution is 2.43. The quantitative estimate of drug-likeness (QED) is 0.519. The Balaban J connectivity index is 2.11. The number of methoxy groups -OCH3 is 1. The number of halogens is 3. The SMILES string of the molecule is COC(=O)c1ccc(C2NC(=O)NC(O)(C(F)(F)F)C2C(=O)c2ccccc2)cc1. The molecule has 1 aliphatic heterocycles. The van der Waals surface area contributed by atoms with Crippen LogP contribution in [0.5, 0.6) is 0 Å². The fourth-order valence-corrected chi connectivity index (χ4v) is 3.34. The van der Waals surface area contributed by atoms with Crippen LogP contribution in [0.15, 0.2) is 54.6 Å². The van der Waals surface area contributed by atoms with E-state index in [0.29, 0.717) is 0 Å². The van der Waals surface area contributed by atoms with Gasteiger partial charge in [-0.1, -0.05) is 42.5 Å². The Labute approximate surface area is 168 Å². The summed E-state index contributed by atoms with van der Waals surface area (Å²) in [6.07, 6.45) is -5.34. The van der Waals surface area contributed by atoms with Crippen molar-refractivity contribution in [2.45, 2.75) is 17.9 Å². The first-order chi connectivity index (χ1) is 14.1. The van der Waals surface area contributed by atoms with Crippen LogP contribution in [0.2, 0.25) is 0 Å². The number of benzene rings is 2. The molecular weight excluding hydrogens is 405 g/mol. The molecule has 3 N–H and O–H groups in total. The molecule has 30 heavy (non-hydrogen) atoms. The number of hydrogen-bond donors (Lipinski definition) is 3. The molecule has 0 aromatic heterocycles. The minimum absolute atomic E-state index is 0.0701. The van der Waals surface area contributed by atoms with Crippen LogP contribution < -0.4 is 10.6 Å². The standard InChI is InChI=1S/C20H17F3N2O5/c1-30-17(27)13-9-7-11(8-10-13)15-14(16(26)12-5-3-2-4-6-12)19(29,20(21,22)23)25-18(28)24-15/h2-10,14-15,29H,1H3,(H2,24,25,28). The second kappa shape index (κ2) is 7.79. The molecule has 0 spiro atoms. The molecule has 1 heterocycles. The molecule has 0 aliphatic carbocycles. The van der Waals surface area contributed by atoms with Crippen LogP contribution in [0.1, 0.15) is 32.3 Å². The average Bonchev–Trinajstić information content (AvgIpc) is 2.72. The molecule has 3 rings (SSSR count). The van der Waals surface area contributed by atoms with Gasteiger partial charge in [-0.15, -0.1) is 0 Å². The molecule has 0 radical (unpaired) electrons. The number of carbonyl (C=O) groups is 3. The number of hydrogen-bond acceptors (Lipinski definition) is 5. The molecule has 3 atom stereocenters. The lowest BCUT2D eigenvalue weighted by atomic mass is 9.77. The molecule has 0 bridgehead atoms. The van der Waals surface area contributed by atoms with E-state index in [4.69, 9.17) is 0 Å². The van der Waals surface area contributed by atoms with E-state index in [1.165, 1.54) is 61.0 Å². The summed E-state index contributed by atoms with van der Waals surface area (Å²) in [5, 5.41) is 14.2. The Morgan fingerprint density at radius 1 is 1.03 bits per heavy atom. The maximum Gasteiger partial charge on any atom is 0.437 e. The first kappa shape index (κ1) is 21.3. The van der Waals surface area contributed by atoms with E-state index >= 15 is 0 Å². The topological polar surface area (TPSA) is 105 Å². The predicted octanol–water partition coefficient (Wildman–Crippen LogP) is 2.58. The van der Waals surface area contributed by atoms with Crippen LogP contribution >= 0.6 is 0 Å². The van der Waals surface area contributed by atoms with E-state index in [1.807, 2.05) is 0 Å². The minimum Gasteiger partial charge on any atom is -0.465 e. The molecule has 1 saturated heterocycles. The van der Waals surface area contributed by atoms with Gasteiger partial charge in [-0.05, 0) is 17.7 Å². The molecule has 3 unspecified atom stereocenters. The van der Waals surface area contributed by atoms with Crippen molar-refractivity contribution in [3.05, 3.63) is 71.3 Å². The molecule has 7 nitrogen and oxygen atoms in total. The first-order valence-corrected chi connectivity index (χ1v) is 8.74. The van der Waals surface area contributed by atoms with Crippen molar-refractivity contribution < 1.29 is 37.4 Å². The zero-order valence-corrected chi connectivity index (χ0v) is 15.6. The summed E-state index contributed by atoms with van der Waals surface area (Å²) in [5.74, 6) is -3.83. The van der Waals surface area contributed by atoms with E-state index in [0.717, 1.165) is 0 Å². The Bertz CT molecular complexity index is 963. The fraction of sp³-hybridized carbons (Fsp3) is 0.250. The monoisotopic (exact) mass is 422 g/mol. The zero-order chi connectivity index (χ0) is 22.1. The van der Waals surface area contributed by atoms with Crippen molar-refractivity contribution in [3.63, 3.8) is 0 Å². The van der Waals surface area contributed by atoms with E-state index in [-0.39, 0.29) is 16.7 Å². The van der Waals surface area contributed by atoms with Gasteiger partial charge in [0.15, 0.2) is 5.78 Å². The van der Waals surface area contributed by atoms with Gasteiger partial charge in [-0.2, -0.15) is 13.2 Å². The third kappa shape index (κ3) is 3.73. The summed E-state index contributed by atoms with van der Waals surface area (Å²) in [4.78, 5) is 36.6. The fourth-order valence-electron chi connectivity index (χ4n) is 3.34. The molecule has 2 aromatic rings. The smallest absolute Gasteiger partial charge is 0.437 e. The van der Waals surface area contributed by atoms with Gasteiger partial charge in [0, 0.05) is 5.56 Å². The molecule has 2 aromatic carbocycles. The molecular formula is C20H17F3N2O5.